The predicted octanol–water partition coefficient (Wildman–Crippen LogP) is 1.70. The highest BCUT2D eigenvalue weighted by molar-refractivity contribution is 5.80. The molecule has 1 amide bonds. The quantitative estimate of drug-likeness (QED) is 0.794. The van der Waals surface area contributed by atoms with E-state index in [1.807, 2.05) is 13.8 Å². The number of aryl methyl sites for hydroxylation is 2. The van der Waals surface area contributed by atoms with Crippen LogP contribution in [-0.4, -0.2) is 28.7 Å². The number of amides is 1. The predicted molar refractivity (Wildman–Crippen MR) is 73.3 cm³/mol. The van der Waals surface area contributed by atoms with Crippen molar-refractivity contribution in [3.8, 4) is 0 Å². The van der Waals surface area contributed by atoms with Crippen molar-refractivity contribution in [1.29, 1.82) is 0 Å². The lowest BCUT2D eigenvalue weighted by atomic mass is 9.97. The minimum absolute atomic E-state index is 0.149. The third-order valence-electron chi connectivity index (χ3n) is 3.17. The molecular weight excluding hydrogens is 260 g/mol. The van der Waals surface area contributed by atoms with Gasteiger partial charge < -0.3 is 14.9 Å². The van der Waals surface area contributed by atoms with Gasteiger partial charge in [0.1, 0.15) is 5.76 Å². The molecule has 0 saturated carbocycles. The monoisotopic (exact) mass is 282 g/mol. The van der Waals surface area contributed by atoms with Crippen molar-refractivity contribution in [1.82, 2.24) is 10.5 Å². The summed E-state index contributed by atoms with van der Waals surface area (Å²) in [6.07, 6.45) is 0.704. The molecular formula is C14H22N2O4. The zero-order chi connectivity index (χ0) is 15.3. The van der Waals surface area contributed by atoms with Crippen LogP contribution in [0, 0.1) is 25.7 Å². The molecule has 1 aromatic heterocycles. The van der Waals surface area contributed by atoms with Crippen LogP contribution in [0.5, 0.6) is 0 Å². The Balaban J connectivity index is 2.52. The van der Waals surface area contributed by atoms with Gasteiger partial charge in [-0.1, -0.05) is 19.0 Å². The van der Waals surface area contributed by atoms with E-state index in [2.05, 4.69) is 10.5 Å². The summed E-state index contributed by atoms with van der Waals surface area (Å²) in [6, 6.07) is 0. The van der Waals surface area contributed by atoms with Crippen LogP contribution in [-0.2, 0) is 16.0 Å². The van der Waals surface area contributed by atoms with Crippen LogP contribution in [0.3, 0.4) is 0 Å². The van der Waals surface area contributed by atoms with Crippen LogP contribution in [0.25, 0.3) is 0 Å². The van der Waals surface area contributed by atoms with Gasteiger partial charge in [-0.05, 0) is 26.2 Å². The largest absolute Gasteiger partial charge is 0.481 e. The van der Waals surface area contributed by atoms with Crippen LogP contribution in [0.2, 0.25) is 0 Å². The highest BCUT2D eigenvalue weighted by atomic mass is 16.5. The molecule has 1 rings (SSSR count). The van der Waals surface area contributed by atoms with Crippen molar-refractivity contribution in [2.45, 2.75) is 40.5 Å². The first-order chi connectivity index (χ1) is 9.31. The molecule has 0 aliphatic carbocycles. The Morgan fingerprint density at radius 3 is 2.45 bits per heavy atom. The number of hydrogen-bond donors (Lipinski definition) is 2. The molecule has 0 fully saturated rings. The fraction of sp³-hybridized carbons (Fsp3) is 0.643. The molecule has 0 spiro atoms. The second-order valence-electron chi connectivity index (χ2n) is 5.45. The molecule has 2 N–H and O–H groups in total. The molecule has 20 heavy (non-hydrogen) atoms. The summed E-state index contributed by atoms with van der Waals surface area (Å²) in [5.41, 5.74) is 1.45. The maximum Gasteiger partial charge on any atom is 0.308 e. The average molecular weight is 282 g/mol. The van der Waals surface area contributed by atoms with Crippen molar-refractivity contribution in [2.75, 3.05) is 6.54 Å². The maximum atomic E-state index is 11.9. The van der Waals surface area contributed by atoms with E-state index in [-0.39, 0.29) is 24.8 Å². The van der Waals surface area contributed by atoms with Crippen LogP contribution in [0.1, 0.15) is 37.3 Å². The Bertz CT molecular complexity index is 460. The summed E-state index contributed by atoms with van der Waals surface area (Å²) in [5, 5.41) is 15.6. The van der Waals surface area contributed by atoms with E-state index in [1.54, 1.807) is 13.8 Å². The lowest BCUT2D eigenvalue weighted by molar-refractivity contribution is -0.142. The summed E-state index contributed by atoms with van der Waals surface area (Å²) in [6.45, 7) is 7.60. The second-order valence-corrected chi connectivity index (χ2v) is 5.45. The Morgan fingerprint density at radius 2 is 2.00 bits per heavy atom. The van der Waals surface area contributed by atoms with Crippen LogP contribution >= 0.6 is 0 Å². The van der Waals surface area contributed by atoms with E-state index in [4.69, 9.17) is 9.63 Å². The van der Waals surface area contributed by atoms with Gasteiger partial charge in [0, 0.05) is 12.1 Å². The Morgan fingerprint density at radius 1 is 1.35 bits per heavy atom. The number of aromatic nitrogens is 1. The molecule has 0 bridgehead atoms. The van der Waals surface area contributed by atoms with Crippen molar-refractivity contribution in [3.05, 3.63) is 17.0 Å². The van der Waals surface area contributed by atoms with Gasteiger partial charge in [-0.25, -0.2) is 0 Å². The molecule has 1 heterocycles. The molecule has 112 valence electrons. The molecule has 6 nitrogen and oxygen atoms in total. The van der Waals surface area contributed by atoms with E-state index in [0.29, 0.717) is 17.9 Å². The summed E-state index contributed by atoms with van der Waals surface area (Å²) >= 11 is 0. The summed E-state index contributed by atoms with van der Waals surface area (Å²) < 4.78 is 4.99. The molecule has 0 aliphatic heterocycles. The zero-order valence-corrected chi connectivity index (χ0v) is 12.4. The molecule has 0 radical (unpaired) electrons. The molecule has 0 saturated heterocycles. The van der Waals surface area contributed by atoms with E-state index in [1.165, 1.54) is 0 Å². The maximum absolute atomic E-state index is 11.9. The van der Waals surface area contributed by atoms with Crippen molar-refractivity contribution in [2.24, 2.45) is 11.8 Å². The lowest BCUT2D eigenvalue weighted by Crippen LogP contribution is -2.34. The van der Waals surface area contributed by atoms with E-state index >= 15 is 0 Å². The fourth-order valence-corrected chi connectivity index (χ4v) is 2.05. The van der Waals surface area contributed by atoms with Gasteiger partial charge in [-0.2, -0.15) is 0 Å². The van der Waals surface area contributed by atoms with Crippen LogP contribution < -0.4 is 5.32 Å². The molecule has 1 atom stereocenters. The third kappa shape index (κ3) is 4.68. The van der Waals surface area contributed by atoms with Gasteiger partial charge >= 0.3 is 5.97 Å². The zero-order valence-electron chi connectivity index (χ0n) is 12.4. The number of aliphatic carboxylic acids is 1. The molecule has 6 heteroatoms. The van der Waals surface area contributed by atoms with Crippen molar-refractivity contribution in [3.63, 3.8) is 0 Å². The van der Waals surface area contributed by atoms with Gasteiger partial charge in [-0.3, -0.25) is 9.59 Å². The molecule has 1 aromatic rings. The van der Waals surface area contributed by atoms with Crippen molar-refractivity contribution >= 4 is 11.9 Å². The van der Waals surface area contributed by atoms with Crippen LogP contribution in [0.4, 0.5) is 0 Å². The highest BCUT2D eigenvalue weighted by Gasteiger charge is 2.20. The second kappa shape index (κ2) is 7.07. The topological polar surface area (TPSA) is 92.4 Å². The number of carboxylic acid groups (broad SMARTS) is 1. The number of carboxylic acids is 1. The highest BCUT2D eigenvalue weighted by Crippen LogP contribution is 2.14. The van der Waals surface area contributed by atoms with E-state index in [9.17, 15) is 9.59 Å². The number of carbonyl (C=O) groups excluding carboxylic acids is 1. The van der Waals surface area contributed by atoms with Gasteiger partial charge in [0.05, 0.1) is 18.0 Å². The first-order valence-electron chi connectivity index (χ1n) is 6.72. The summed E-state index contributed by atoms with van der Waals surface area (Å²) in [7, 11) is 0. The fourth-order valence-electron chi connectivity index (χ4n) is 2.05. The van der Waals surface area contributed by atoms with Gasteiger partial charge in [0.15, 0.2) is 0 Å². The average Bonchev–Trinajstić information content (AvgIpc) is 2.65. The van der Waals surface area contributed by atoms with Crippen molar-refractivity contribution < 1.29 is 19.2 Å². The Hall–Kier alpha value is -1.85. The first kappa shape index (κ1) is 16.2. The number of nitrogens with zero attached hydrogens (tertiary/aromatic N) is 1. The standard InChI is InChI=1S/C14H22N2O4/c1-8(2)5-11(14(18)19)7-15-13(17)6-12-9(3)16-20-10(12)4/h8,11H,5-7H2,1-4H3,(H,15,17)(H,18,19). The Labute approximate surface area is 118 Å². The number of nitrogens with one attached hydrogen (secondary N) is 1. The normalized spacial score (nSPS) is 12.4. The minimum Gasteiger partial charge on any atom is -0.481 e. The third-order valence-corrected chi connectivity index (χ3v) is 3.17. The van der Waals surface area contributed by atoms with E-state index in [0.717, 1.165) is 5.56 Å². The lowest BCUT2D eigenvalue weighted by Gasteiger charge is -2.15. The van der Waals surface area contributed by atoms with Crippen LogP contribution in [0.15, 0.2) is 4.52 Å². The smallest absolute Gasteiger partial charge is 0.308 e. The molecule has 1 unspecified atom stereocenters. The van der Waals surface area contributed by atoms with Gasteiger partial charge in [-0.15, -0.1) is 0 Å². The first-order valence-corrected chi connectivity index (χ1v) is 6.72. The number of rotatable bonds is 7. The minimum atomic E-state index is -0.878. The SMILES string of the molecule is Cc1noc(C)c1CC(=O)NCC(CC(C)C)C(=O)O. The number of hydrogen-bond acceptors (Lipinski definition) is 4. The molecule has 0 aromatic carbocycles. The number of carbonyl (C=O) groups is 2. The van der Waals surface area contributed by atoms with Gasteiger partial charge in [0.25, 0.3) is 0 Å². The Kier molecular flexibility index (Phi) is 5.73. The summed E-state index contributed by atoms with van der Waals surface area (Å²) in [5.74, 6) is -0.750. The summed E-state index contributed by atoms with van der Waals surface area (Å²) in [4.78, 5) is 23.0. The van der Waals surface area contributed by atoms with Gasteiger partial charge in [0.2, 0.25) is 5.91 Å². The molecule has 0 aliphatic rings. The van der Waals surface area contributed by atoms with E-state index < -0.39 is 11.9 Å².